The van der Waals surface area contributed by atoms with Crippen LogP contribution in [-0.2, 0) is 9.59 Å². The van der Waals surface area contributed by atoms with Crippen molar-refractivity contribution < 1.29 is 19.1 Å². The van der Waals surface area contributed by atoms with Crippen molar-refractivity contribution in [2.45, 2.75) is 33.3 Å². The van der Waals surface area contributed by atoms with Crippen molar-refractivity contribution in [2.75, 3.05) is 12.0 Å². The zero-order valence-electron chi connectivity index (χ0n) is 17.7. The average Bonchev–Trinajstić information content (AvgIpc) is 2.73. The van der Waals surface area contributed by atoms with Gasteiger partial charge in [0.2, 0.25) is 0 Å². The normalized spacial score (nSPS) is 16.4. The van der Waals surface area contributed by atoms with Crippen LogP contribution >= 0.6 is 23.8 Å². The second kappa shape index (κ2) is 9.49. The Kier molecular flexibility index (Phi) is 6.97. The van der Waals surface area contributed by atoms with Crippen molar-refractivity contribution in [2.24, 2.45) is 0 Å². The number of carbonyl (C=O) groups excluding carboxylic acids is 2. The van der Waals surface area contributed by atoms with Gasteiger partial charge in [-0.25, -0.2) is 0 Å². The quantitative estimate of drug-likeness (QED) is 0.387. The van der Waals surface area contributed by atoms with Gasteiger partial charge in [-0.3, -0.25) is 19.8 Å². The van der Waals surface area contributed by atoms with E-state index in [2.05, 4.69) is 5.32 Å². The first kappa shape index (κ1) is 22.8. The number of aryl methyl sites for hydroxylation is 1. The molecule has 1 fully saturated rings. The van der Waals surface area contributed by atoms with Crippen molar-refractivity contribution in [3.63, 3.8) is 0 Å². The smallest absolute Gasteiger partial charge is 0.270 e. The zero-order chi connectivity index (χ0) is 22.7. The number of hydrogen-bond donors (Lipinski definition) is 1. The number of benzene rings is 2. The summed E-state index contributed by atoms with van der Waals surface area (Å²) < 4.78 is 11.3. The third-order valence-electron chi connectivity index (χ3n) is 4.85. The van der Waals surface area contributed by atoms with E-state index < -0.39 is 11.8 Å². The molecule has 0 unspecified atom stereocenters. The molecule has 1 N–H and O–H groups in total. The molecule has 2 amide bonds. The second-order valence-electron chi connectivity index (χ2n) is 7.16. The monoisotopic (exact) mass is 458 g/mol. The average molecular weight is 459 g/mol. The molecule has 1 aliphatic rings. The first-order valence-electron chi connectivity index (χ1n) is 9.77. The van der Waals surface area contributed by atoms with E-state index in [0.717, 1.165) is 12.0 Å². The highest BCUT2D eigenvalue weighted by atomic mass is 35.5. The number of methoxy groups -OCH3 is 1. The van der Waals surface area contributed by atoms with Gasteiger partial charge < -0.3 is 9.47 Å². The molecule has 2 aromatic carbocycles. The van der Waals surface area contributed by atoms with Crippen LogP contribution in [0, 0.1) is 6.92 Å². The highest BCUT2D eigenvalue weighted by Crippen LogP contribution is 2.38. The third-order valence-corrected chi connectivity index (χ3v) is 5.42. The van der Waals surface area contributed by atoms with Crippen LogP contribution in [0.3, 0.4) is 0 Å². The molecule has 1 aliphatic heterocycles. The SMILES string of the molecule is CC[C@H](C)Oc1c(Cl)cc(/C=C2\C(=O)NC(=S)N(c3ccc(C)cc3)C2=O)cc1OC. The van der Waals surface area contributed by atoms with Crippen molar-refractivity contribution >= 4 is 52.5 Å². The topological polar surface area (TPSA) is 67.9 Å². The molecule has 1 saturated heterocycles. The van der Waals surface area contributed by atoms with Crippen LogP contribution in [0.1, 0.15) is 31.4 Å². The fourth-order valence-electron chi connectivity index (χ4n) is 2.97. The van der Waals surface area contributed by atoms with Crippen molar-refractivity contribution in [1.82, 2.24) is 5.32 Å². The standard InChI is InChI=1S/C23H23ClN2O4S/c1-5-14(3)30-20-18(24)11-15(12-19(20)29-4)10-17-21(27)25-23(31)26(22(17)28)16-8-6-13(2)7-9-16/h6-12,14H,5H2,1-4H3,(H,25,27,31)/b17-10+/t14-/m0/s1. The Hall–Kier alpha value is -2.90. The Morgan fingerprint density at radius 2 is 1.90 bits per heavy atom. The summed E-state index contributed by atoms with van der Waals surface area (Å²) in [6.07, 6.45) is 2.21. The van der Waals surface area contributed by atoms with Crippen LogP contribution in [0.4, 0.5) is 5.69 Å². The van der Waals surface area contributed by atoms with Crippen LogP contribution in [0.2, 0.25) is 5.02 Å². The van der Waals surface area contributed by atoms with E-state index in [-0.39, 0.29) is 16.8 Å². The van der Waals surface area contributed by atoms with Crippen LogP contribution in [0.15, 0.2) is 42.0 Å². The summed E-state index contributed by atoms with van der Waals surface area (Å²) >= 11 is 11.6. The minimum Gasteiger partial charge on any atom is -0.493 e. The molecule has 31 heavy (non-hydrogen) atoms. The number of hydrogen-bond acceptors (Lipinski definition) is 5. The van der Waals surface area contributed by atoms with Crippen molar-refractivity contribution in [3.8, 4) is 11.5 Å². The largest absolute Gasteiger partial charge is 0.493 e. The minimum absolute atomic E-state index is 0.0314. The Morgan fingerprint density at radius 1 is 1.23 bits per heavy atom. The lowest BCUT2D eigenvalue weighted by Gasteiger charge is -2.29. The Balaban J connectivity index is 2.00. The molecule has 0 aromatic heterocycles. The van der Waals surface area contributed by atoms with Crippen molar-refractivity contribution in [3.05, 3.63) is 58.1 Å². The van der Waals surface area contributed by atoms with Gasteiger partial charge in [-0.1, -0.05) is 36.2 Å². The van der Waals surface area contributed by atoms with E-state index in [4.69, 9.17) is 33.3 Å². The molecule has 0 aliphatic carbocycles. The molecular formula is C23H23ClN2O4S. The summed E-state index contributed by atoms with van der Waals surface area (Å²) in [7, 11) is 1.50. The van der Waals surface area contributed by atoms with E-state index in [1.165, 1.54) is 18.1 Å². The lowest BCUT2D eigenvalue weighted by Crippen LogP contribution is -2.54. The number of nitrogens with one attached hydrogen (secondary N) is 1. The summed E-state index contributed by atoms with van der Waals surface area (Å²) in [6.45, 7) is 5.87. The number of rotatable bonds is 6. The third kappa shape index (κ3) is 4.89. The predicted molar refractivity (Wildman–Crippen MR) is 126 cm³/mol. The van der Waals surface area contributed by atoms with Gasteiger partial charge in [0.15, 0.2) is 16.6 Å². The van der Waals surface area contributed by atoms with Crippen LogP contribution in [0.5, 0.6) is 11.5 Å². The molecule has 2 aromatic rings. The number of nitrogens with zero attached hydrogens (tertiary/aromatic N) is 1. The number of ether oxygens (including phenoxy) is 2. The molecule has 0 radical (unpaired) electrons. The fourth-order valence-corrected chi connectivity index (χ4v) is 3.52. The fraction of sp³-hybridized carbons (Fsp3) is 0.261. The molecule has 8 heteroatoms. The maximum atomic E-state index is 13.1. The van der Waals surface area contributed by atoms with Crippen LogP contribution in [-0.4, -0.2) is 30.1 Å². The number of amides is 2. The first-order chi connectivity index (χ1) is 14.7. The molecule has 0 spiro atoms. The zero-order valence-corrected chi connectivity index (χ0v) is 19.3. The lowest BCUT2D eigenvalue weighted by atomic mass is 10.1. The summed E-state index contributed by atoms with van der Waals surface area (Å²) in [4.78, 5) is 27.0. The van der Waals surface area contributed by atoms with Gasteiger partial charge >= 0.3 is 0 Å². The van der Waals surface area contributed by atoms with Gasteiger partial charge in [0.25, 0.3) is 11.8 Å². The second-order valence-corrected chi connectivity index (χ2v) is 7.96. The van der Waals surface area contributed by atoms with Gasteiger partial charge in [-0.2, -0.15) is 0 Å². The van der Waals surface area contributed by atoms with Gasteiger partial charge in [-0.15, -0.1) is 0 Å². The van der Waals surface area contributed by atoms with E-state index in [9.17, 15) is 9.59 Å². The Bertz CT molecular complexity index is 1070. The number of anilines is 1. The molecule has 162 valence electrons. The van der Waals surface area contributed by atoms with E-state index in [1.807, 2.05) is 32.9 Å². The van der Waals surface area contributed by atoms with Gasteiger partial charge in [0, 0.05) is 0 Å². The molecule has 6 nitrogen and oxygen atoms in total. The number of carbonyl (C=O) groups is 2. The van der Waals surface area contributed by atoms with Gasteiger partial charge in [-0.05, 0) is 68.4 Å². The number of thiocarbonyl (C=S) groups is 1. The summed E-state index contributed by atoms with van der Waals surface area (Å²) in [6, 6.07) is 10.6. The van der Waals surface area contributed by atoms with Crippen LogP contribution in [0.25, 0.3) is 6.08 Å². The van der Waals surface area contributed by atoms with E-state index in [0.29, 0.717) is 27.8 Å². The van der Waals surface area contributed by atoms with E-state index >= 15 is 0 Å². The molecular weight excluding hydrogens is 436 g/mol. The van der Waals surface area contributed by atoms with Crippen LogP contribution < -0.4 is 19.7 Å². The molecule has 1 heterocycles. The molecule has 1 atom stereocenters. The summed E-state index contributed by atoms with van der Waals surface area (Å²) in [5.74, 6) is -0.266. The first-order valence-corrected chi connectivity index (χ1v) is 10.6. The Labute approximate surface area is 191 Å². The number of halogens is 1. The molecule has 0 bridgehead atoms. The van der Waals surface area contributed by atoms with Crippen molar-refractivity contribution in [1.29, 1.82) is 0 Å². The van der Waals surface area contributed by atoms with E-state index in [1.54, 1.807) is 24.3 Å². The highest BCUT2D eigenvalue weighted by Gasteiger charge is 2.34. The summed E-state index contributed by atoms with van der Waals surface area (Å²) in [5.41, 5.74) is 2.07. The van der Waals surface area contributed by atoms with Gasteiger partial charge in [0.1, 0.15) is 5.57 Å². The Morgan fingerprint density at radius 3 is 2.52 bits per heavy atom. The highest BCUT2D eigenvalue weighted by molar-refractivity contribution is 7.80. The van der Waals surface area contributed by atoms with Gasteiger partial charge in [0.05, 0.1) is 23.9 Å². The summed E-state index contributed by atoms with van der Waals surface area (Å²) in [5, 5.41) is 2.92. The maximum absolute atomic E-state index is 13.1. The lowest BCUT2D eigenvalue weighted by molar-refractivity contribution is -0.122. The molecule has 3 rings (SSSR count). The maximum Gasteiger partial charge on any atom is 0.270 e. The minimum atomic E-state index is -0.576. The molecule has 0 saturated carbocycles. The predicted octanol–water partition coefficient (Wildman–Crippen LogP) is 4.67.